The first kappa shape index (κ1) is 19.4. The number of aryl methyl sites for hydroxylation is 1. The number of sulfone groups is 1. The van der Waals surface area contributed by atoms with Crippen molar-refractivity contribution in [2.24, 2.45) is 0 Å². The zero-order chi connectivity index (χ0) is 18.9. The van der Waals surface area contributed by atoms with Gasteiger partial charge in [0.2, 0.25) is 5.91 Å². The van der Waals surface area contributed by atoms with E-state index in [0.717, 1.165) is 12.8 Å². The highest BCUT2D eigenvalue weighted by molar-refractivity contribution is 7.91. The maximum atomic E-state index is 12.6. The third kappa shape index (κ3) is 4.46. The molecule has 3 rings (SSSR count). The second-order valence-electron chi connectivity index (χ2n) is 8.44. The van der Waals surface area contributed by atoms with E-state index in [4.69, 9.17) is 4.74 Å². The van der Waals surface area contributed by atoms with Crippen molar-refractivity contribution in [2.75, 3.05) is 24.7 Å². The van der Waals surface area contributed by atoms with Crippen molar-refractivity contribution < 1.29 is 17.9 Å². The van der Waals surface area contributed by atoms with Crippen LogP contribution in [0.15, 0.2) is 24.3 Å². The van der Waals surface area contributed by atoms with Crippen LogP contribution in [-0.4, -0.2) is 56.0 Å². The topological polar surface area (TPSA) is 63.7 Å². The standard InChI is InChI=1S/C20H29NO4S/c1-20(2,3)16-9-7-15(8-10-16)5-4-6-19(22)21-11-12-25-18-14-26(23,24)13-17(18)21/h7-10,17-18H,4-6,11-14H2,1-3H3. The number of fused-ring (bicyclic) bond motifs is 1. The third-order valence-electron chi connectivity index (χ3n) is 5.33. The summed E-state index contributed by atoms with van der Waals surface area (Å²) in [6, 6.07) is 8.30. The van der Waals surface area contributed by atoms with Gasteiger partial charge in [-0.2, -0.15) is 0 Å². The number of carbonyl (C=O) groups is 1. The Morgan fingerprint density at radius 1 is 1.19 bits per heavy atom. The first-order valence-electron chi connectivity index (χ1n) is 9.37. The molecule has 144 valence electrons. The number of amides is 1. The van der Waals surface area contributed by atoms with E-state index in [1.165, 1.54) is 11.1 Å². The van der Waals surface area contributed by atoms with Gasteiger partial charge < -0.3 is 9.64 Å². The second-order valence-corrected chi connectivity index (χ2v) is 10.6. The summed E-state index contributed by atoms with van der Waals surface area (Å²) < 4.78 is 29.2. The van der Waals surface area contributed by atoms with Crippen molar-refractivity contribution in [3.63, 3.8) is 0 Å². The van der Waals surface area contributed by atoms with Gasteiger partial charge in [0.1, 0.15) is 0 Å². The molecule has 2 heterocycles. The van der Waals surface area contributed by atoms with Gasteiger partial charge in [0, 0.05) is 13.0 Å². The number of morpholine rings is 1. The van der Waals surface area contributed by atoms with Crippen molar-refractivity contribution in [3.8, 4) is 0 Å². The van der Waals surface area contributed by atoms with E-state index in [-0.39, 0.29) is 35.0 Å². The maximum Gasteiger partial charge on any atom is 0.223 e. The largest absolute Gasteiger partial charge is 0.373 e. The van der Waals surface area contributed by atoms with Crippen molar-refractivity contribution >= 4 is 15.7 Å². The number of hydrogen-bond donors (Lipinski definition) is 0. The Hall–Kier alpha value is -1.40. The lowest BCUT2D eigenvalue weighted by Crippen LogP contribution is -2.53. The van der Waals surface area contributed by atoms with Crippen molar-refractivity contribution in [2.45, 2.75) is 57.6 Å². The van der Waals surface area contributed by atoms with E-state index in [0.29, 0.717) is 19.6 Å². The van der Waals surface area contributed by atoms with E-state index in [1.54, 1.807) is 4.90 Å². The lowest BCUT2D eigenvalue weighted by molar-refractivity contribution is -0.142. The molecule has 2 saturated heterocycles. The summed E-state index contributed by atoms with van der Waals surface area (Å²) in [5, 5.41) is 0. The summed E-state index contributed by atoms with van der Waals surface area (Å²) in [4.78, 5) is 14.3. The van der Waals surface area contributed by atoms with Crippen LogP contribution in [0, 0.1) is 0 Å². The number of carbonyl (C=O) groups excluding carboxylic acids is 1. The first-order valence-corrected chi connectivity index (χ1v) is 11.2. The molecule has 5 nitrogen and oxygen atoms in total. The van der Waals surface area contributed by atoms with E-state index in [2.05, 4.69) is 45.0 Å². The highest BCUT2D eigenvalue weighted by atomic mass is 32.2. The molecular weight excluding hydrogens is 350 g/mol. The Morgan fingerprint density at radius 3 is 2.54 bits per heavy atom. The van der Waals surface area contributed by atoms with E-state index in [1.807, 2.05) is 0 Å². The average molecular weight is 380 g/mol. The number of rotatable bonds is 4. The van der Waals surface area contributed by atoms with Crippen LogP contribution in [0.5, 0.6) is 0 Å². The summed E-state index contributed by atoms with van der Waals surface area (Å²) in [5.41, 5.74) is 2.68. The van der Waals surface area contributed by atoms with Crippen molar-refractivity contribution in [1.82, 2.24) is 4.90 Å². The molecule has 0 aromatic heterocycles. The summed E-state index contributed by atoms with van der Waals surface area (Å²) in [6.45, 7) is 7.50. The van der Waals surface area contributed by atoms with Gasteiger partial charge in [0.25, 0.3) is 0 Å². The van der Waals surface area contributed by atoms with Crippen LogP contribution >= 0.6 is 0 Å². The third-order valence-corrected chi connectivity index (χ3v) is 7.02. The minimum Gasteiger partial charge on any atom is -0.373 e. The normalized spacial score (nSPS) is 25.1. The second kappa shape index (κ2) is 7.31. The smallest absolute Gasteiger partial charge is 0.223 e. The predicted molar refractivity (Wildman–Crippen MR) is 102 cm³/mol. The van der Waals surface area contributed by atoms with Crippen LogP contribution in [0.25, 0.3) is 0 Å². The van der Waals surface area contributed by atoms with Gasteiger partial charge in [-0.25, -0.2) is 8.42 Å². The number of nitrogens with zero attached hydrogens (tertiary/aromatic N) is 1. The van der Waals surface area contributed by atoms with Gasteiger partial charge in [0.15, 0.2) is 9.84 Å². The molecule has 2 fully saturated rings. The lowest BCUT2D eigenvalue weighted by Gasteiger charge is -2.36. The maximum absolute atomic E-state index is 12.6. The zero-order valence-corrected chi connectivity index (χ0v) is 16.7. The Labute approximate surface area is 156 Å². The Balaban J connectivity index is 1.52. The van der Waals surface area contributed by atoms with Crippen molar-refractivity contribution in [1.29, 1.82) is 0 Å². The van der Waals surface area contributed by atoms with Gasteiger partial charge in [0.05, 0.1) is 30.3 Å². The van der Waals surface area contributed by atoms with Crippen LogP contribution in [0.3, 0.4) is 0 Å². The van der Waals surface area contributed by atoms with Gasteiger partial charge in [-0.15, -0.1) is 0 Å². The summed E-state index contributed by atoms with van der Waals surface area (Å²) in [7, 11) is -3.09. The Morgan fingerprint density at radius 2 is 1.88 bits per heavy atom. The molecule has 2 atom stereocenters. The minimum atomic E-state index is -3.09. The SMILES string of the molecule is CC(C)(C)c1ccc(CCCC(=O)N2CCOC3CS(=O)(=O)CC32)cc1. The molecule has 0 radical (unpaired) electrons. The molecule has 1 aromatic carbocycles. The predicted octanol–water partition coefficient (Wildman–Crippen LogP) is 2.33. The van der Waals surface area contributed by atoms with Crippen LogP contribution in [0.1, 0.15) is 44.7 Å². The first-order chi connectivity index (χ1) is 12.2. The fourth-order valence-corrected chi connectivity index (χ4v) is 5.65. The number of hydrogen-bond acceptors (Lipinski definition) is 4. The van der Waals surface area contributed by atoms with Crippen LogP contribution in [-0.2, 0) is 31.2 Å². The van der Waals surface area contributed by atoms with Crippen molar-refractivity contribution in [3.05, 3.63) is 35.4 Å². The fraction of sp³-hybridized carbons (Fsp3) is 0.650. The molecule has 0 bridgehead atoms. The average Bonchev–Trinajstić information content (AvgIpc) is 2.88. The number of ether oxygens (including phenoxy) is 1. The van der Waals surface area contributed by atoms with Crippen LogP contribution < -0.4 is 0 Å². The monoisotopic (exact) mass is 379 g/mol. The summed E-state index contributed by atoms with van der Waals surface area (Å²) >= 11 is 0. The highest BCUT2D eigenvalue weighted by Gasteiger charge is 2.45. The van der Waals surface area contributed by atoms with Gasteiger partial charge in [-0.3, -0.25) is 4.79 Å². The molecule has 6 heteroatoms. The lowest BCUT2D eigenvalue weighted by atomic mass is 9.86. The van der Waals surface area contributed by atoms with Gasteiger partial charge in [-0.1, -0.05) is 45.0 Å². The van der Waals surface area contributed by atoms with Crippen LogP contribution in [0.2, 0.25) is 0 Å². The summed E-state index contributed by atoms with van der Waals surface area (Å²) in [6.07, 6.45) is 1.73. The highest BCUT2D eigenvalue weighted by Crippen LogP contribution is 2.26. The Kier molecular flexibility index (Phi) is 5.45. The van der Waals surface area contributed by atoms with Gasteiger partial charge in [-0.05, 0) is 29.4 Å². The number of benzene rings is 1. The molecule has 1 aromatic rings. The van der Waals surface area contributed by atoms with E-state index >= 15 is 0 Å². The fourth-order valence-electron chi connectivity index (χ4n) is 3.78. The molecular formula is C20H29NO4S. The van der Waals surface area contributed by atoms with E-state index in [9.17, 15) is 13.2 Å². The molecule has 0 spiro atoms. The summed E-state index contributed by atoms with van der Waals surface area (Å²) in [5.74, 6) is 0.130. The molecule has 0 saturated carbocycles. The molecule has 2 unspecified atom stereocenters. The van der Waals surface area contributed by atoms with E-state index < -0.39 is 9.84 Å². The molecule has 26 heavy (non-hydrogen) atoms. The zero-order valence-electron chi connectivity index (χ0n) is 15.9. The molecule has 0 N–H and O–H groups in total. The molecule has 2 aliphatic heterocycles. The van der Waals surface area contributed by atoms with Gasteiger partial charge >= 0.3 is 0 Å². The quantitative estimate of drug-likeness (QED) is 0.805. The molecule has 0 aliphatic carbocycles. The van der Waals surface area contributed by atoms with Crippen LogP contribution in [0.4, 0.5) is 0 Å². The Bertz CT molecular complexity index is 749. The molecule has 1 amide bonds. The minimum absolute atomic E-state index is 0.0394. The molecule has 2 aliphatic rings.